The number of hydrogen-bond acceptors (Lipinski definition) is 1. The van der Waals surface area contributed by atoms with E-state index in [-0.39, 0.29) is 10.0 Å². The van der Waals surface area contributed by atoms with Crippen molar-refractivity contribution in [2.45, 2.75) is 0 Å². The lowest BCUT2D eigenvalue weighted by molar-refractivity contribution is 0.414. The molecule has 4 heteroatoms. The van der Waals surface area contributed by atoms with Crippen LogP contribution >= 0.6 is 23.2 Å². The second-order valence-electron chi connectivity index (χ2n) is 1.88. The number of ether oxygens (including phenoxy) is 1. The Balaban J connectivity index is 3.25. The lowest BCUT2D eigenvalue weighted by atomic mass is 10.3. The van der Waals surface area contributed by atoms with Crippen LogP contribution in [0.5, 0.6) is 5.75 Å². The molecule has 0 aliphatic heterocycles. The molecule has 0 N–H and O–H groups in total. The van der Waals surface area contributed by atoms with Crippen molar-refractivity contribution >= 4 is 23.2 Å². The van der Waals surface area contributed by atoms with E-state index in [0.29, 0.717) is 5.75 Å². The van der Waals surface area contributed by atoms with Crippen molar-refractivity contribution in [1.29, 1.82) is 0 Å². The van der Waals surface area contributed by atoms with Gasteiger partial charge in [0.2, 0.25) is 0 Å². The summed E-state index contributed by atoms with van der Waals surface area (Å²) in [6.07, 6.45) is 0. The first-order valence-corrected chi connectivity index (χ1v) is 3.60. The largest absolute Gasteiger partial charge is 0.495 e. The molecule has 1 rings (SSSR count). The normalized spacial score (nSPS) is 9.82. The van der Waals surface area contributed by atoms with Crippen LogP contribution in [0.25, 0.3) is 0 Å². The highest BCUT2D eigenvalue weighted by Gasteiger charge is 2.08. The van der Waals surface area contributed by atoms with Gasteiger partial charge in [-0.3, -0.25) is 0 Å². The summed E-state index contributed by atoms with van der Waals surface area (Å²) in [5, 5.41) is 0.000170. The van der Waals surface area contributed by atoms with Gasteiger partial charge in [-0.05, 0) is 12.1 Å². The van der Waals surface area contributed by atoms with E-state index in [4.69, 9.17) is 27.9 Å². The molecule has 1 aromatic rings. The molecule has 0 saturated carbocycles. The zero-order chi connectivity index (χ0) is 8.43. The number of rotatable bonds is 1. The molecule has 0 aliphatic carbocycles. The van der Waals surface area contributed by atoms with E-state index in [1.807, 2.05) is 0 Å². The van der Waals surface area contributed by atoms with E-state index in [1.54, 1.807) is 0 Å². The minimum atomic E-state index is -0.544. The van der Waals surface area contributed by atoms with E-state index in [2.05, 4.69) is 0 Å². The fraction of sp³-hybridized carbons (Fsp3) is 0.143. The van der Waals surface area contributed by atoms with Gasteiger partial charge < -0.3 is 4.74 Å². The third kappa shape index (κ3) is 1.57. The quantitative estimate of drug-likeness (QED) is 0.625. The molecule has 0 heterocycles. The molecule has 0 saturated heterocycles. The van der Waals surface area contributed by atoms with Gasteiger partial charge in [-0.15, -0.1) is 0 Å². The molecule has 0 aromatic heterocycles. The molecule has 1 aromatic carbocycles. The summed E-state index contributed by atoms with van der Waals surface area (Å²) in [5.74, 6) is -0.171. The molecule has 0 spiro atoms. The van der Waals surface area contributed by atoms with Gasteiger partial charge in [-0.25, -0.2) is 4.39 Å². The van der Waals surface area contributed by atoms with Gasteiger partial charge in [0, 0.05) is 0 Å². The summed E-state index contributed by atoms with van der Waals surface area (Å²) < 4.78 is 17.4. The van der Waals surface area contributed by atoms with Gasteiger partial charge >= 0.3 is 0 Å². The van der Waals surface area contributed by atoms with Crippen molar-refractivity contribution in [3.63, 3.8) is 0 Å². The van der Waals surface area contributed by atoms with E-state index in [1.165, 1.54) is 19.2 Å². The minimum Gasteiger partial charge on any atom is -0.495 e. The molecular weight excluding hydrogens is 190 g/mol. The molecule has 0 atom stereocenters. The van der Waals surface area contributed by atoms with E-state index < -0.39 is 5.82 Å². The molecule has 60 valence electrons. The van der Waals surface area contributed by atoms with E-state index in [0.717, 1.165) is 0 Å². The molecule has 0 aliphatic rings. The molecular formula is C7H5Cl2FO. The summed E-state index contributed by atoms with van der Waals surface area (Å²) in [4.78, 5) is 0. The van der Waals surface area contributed by atoms with Crippen LogP contribution in [-0.2, 0) is 0 Å². The molecule has 11 heavy (non-hydrogen) atoms. The van der Waals surface area contributed by atoms with Gasteiger partial charge in [0.25, 0.3) is 0 Å². The van der Waals surface area contributed by atoms with Crippen molar-refractivity contribution in [2.24, 2.45) is 0 Å². The smallest absolute Gasteiger partial charge is 0.143 e. The zero-order valence-corrected chi connectivity index (χ0v) is 7.21. The standard InChI is InChI=1S/C7H5Cl2FO/c1-11-5-3-2-4(10)6(8)7(5)9/h2-3H,1H3. The van der Waals surface area contributed by atoms with Gasteiger partial charge in [-0.2, -0.15) is 0 Å². The first kappa shape index (κ1) is 8.62. The van der Waals surface area contributed by atoms with Crippen LogP contribution in [0.4, 0.5) is 4.39 Å². The topological polar surface area (TPSA) is 9.23 Å². The second kappa shape index (κ2) is 3.28. The molecule has 0 bridgehead atoms. The predicted octanol–water partition coefficient (Wildman–Crippen LogP) is 3.14. The predicted molar refractivity (Wildman–Crippen MR) is 43.0 cm³/mol. The Morgan fingerprint density at radius 3 is 2.45 bits per heavy atom. The maximum atomic E-state index is 12.6. The van der Waals surface area contributed by atoms with Gasteiger partial charge in [0.1, 0.15) is 16.6 Å². The van der Waals surface area contributed by atoms with Crippen LogP contribution in [-0.4, -0.2) is 7.11 Å². The van der Waals surface area contributed by atoms with E-state index >= 15 is 0 Å². The Bertz CT molecular complexity index is 275. The highest BCUT2D eigenvalue weighted by atomic mass is 35.5. The third-order valence-electron chi connectivity index (χ3n) is 1.22. The van der Waals surface area contributed by atoms with Gasteiger partial charge in [0.15, 0.2) is 0 Å². The minimum absolute atomic E-state index is 0.106. The lowest BCUT2D eigenvalue weighted by Gasteiger charge is -2.03. The Morgan fingerprint density at radius 1 is 1.27 bits per heavy atom. The fourth-order valence-electron chi connectivity index (χ4n) is 0.666. The van der Waals surface area contributed by atoms with Crippen molar-refractivity contribution in [3.8, 4) is 5.75 Å². The summed E-state index contributed by atoms with van der Waals surface area (Å²) in [6.45, 7) is 0. The fourth-order valence-corrected chi connectivity index (χ4v) is 1.05. The van der Waals surface area contributed by atoms with E-state index in [9.17, 15) is 4.39 Å². The highest BCUT2D eigenvalue weighted by molar-refractivity contribution is 6.43. The highest BCUT2D eigenvalue weighted by Crippen LogP contribution is 2.33. The van der Waals surface area contributed by atoms with Crippen LogP contribution in [0.1, 0.15) is 0 Å². The number of methoxy groups -OCH3 is 1. The molecule has 0 fully saturated rings. The van der Waals surface area contributed by atoms with Crippen molar-refractivity contribution in [2.75, 3.05) is 7.11 Å². The first-order chi connectivity index (χ1) is 5.16. The summed E-state index contributed by atoms with van der Waals surface area (Å²) in [7, 11) is 1.44. The van der Waals surface area contributed by atoms with Gasteiger partial charge in [0.05, 0.1) is 12.1 Å². The molecule has 1 nitrogen and oxygen atoms in total. The zero-order valence-electron chi connectivity index (χ0n) is 5.70. The summed E-state index contributed by atoms with van der Waals surface area (Å²) in [5.41, 5.74) is 0. The molecule has 0 unspecified atom stereocenters. The Hall–Kier alpha value is -0.470. The average Bonchev–Trinajstić information content (AvgIpc) is 2.01. The average molecular weight is 195 g/mol. The van der Waals surface area contributed by atoms with Crippen molar-refractivity contribution < 1.29 is 9.13 Å². The Labute approximate surface area is 73.7 Å². The van der Waals surface area contributed by atoms with Crippen LogP contribution < -0.4 is 4.74 Å². The molecule has 0 amide bonds. The first-order valence-electron chi connectivity index (χ1n) is 2.84. The maximum absolute atomic E-state index is 12.6. The van der Waals surface area contributed by atoms with Gasteiger partial charge in [-0.1, -0.05) is 23.2 Å². The van der Waals surface area contributed by atoms with Crippen LogP contribution in [0, 0.1) is 5.82 Å². The van der Waals surface area contributed by atoms with Crippen LogP contribution in [0.2, 0.25) is 10.0 Å². The SMILES string of the molecule is COc1ccc(F)c(Cl)c1Cl. The van der Waals surface area contributed by atoms with Crippen LogP contribution in [0.15, 0.2) is 12.1 Å². The Morgan fingerprint density at radius 2 is 1.91 bits per heavy atom. The molecule has 0 radical (unpaired) electrons. The second-order valence-corrected chi connectivity index (χ2v) is 2.63. The van der Waals surface area contributed by atoms with Crippen LogP contribution in [0.3, 0.4) is 0 Å². The number of halogens is 3. The monoisotopic (exact) mass is 194 g/mol. The number of benzene rings is 1. The summed E-state index contributed by atoms with van der Waals surface area (Å²) in [6, 6.07) is 2.62. The maximum Gasteiger partial charge on any atom is 0.143 e. The lowest BCUT2D eigenvalue weighted by Crippen LogP contribution is -1.86. The van der Waals surface area contributed by atoms with Crippen molar-refractivity contribution in [3.05, 3.63) is 28.0 Å². The third-order valence-corrected chi connectivity index (χ3v) is 2.06. The van der Waals surface area contributed by atoms with Crippen molar-refractivity contribution in [1.82, 2.24) is 0 Å². The number of hydrogen-bond donors (Lipinski definition) is 0. The Kier molecular flexibility index (Phi) is 2.58. The summed E-state index contributed by atoms with van der Waals surface area (Å²) >= 11 is 11.1.